The summed E-state index contributed by atoms with van der Waals surface area (Å²) in [6, 6.07) is 4.03. The van der Waals surface area contributed by atoms with Crippen molar-refractivity contribution in [2.24, 2.45) is 0 Å². The summed E-state index contributed by atoms with van der Waals surface area (Å²) in [4.78, 5) is 2.23. The molecule has 0 radical (unpaired) electrons. The number of nitrogens with zero attached hydrogens (tertiary/aromatic N) is 1. The van der Waals surface area contributed by atoms with Gasteiger partial charge in [0, 0.05) is 6.54 Å². The first-order valence-electron chi connectivity index (χ1n) is 6.59. The molecule has 0 spiro atoms. The third-order valence-electron chi connectivity index (χ3n) is 3.47. The van der Waals surface area contributed by atoms with Gasteiger partial charge < -0.3 is 14.7 Å². The molecule has 1 aromatic rings. The van der Waals surface area contributed by atoms with Gasteiger partial charge in [0.1, 0.15) is 5.75 Å². The van der Waals surface area contributed by atoms with E-state index in [1.807, 2.05) is 26.0 Å². The Morgan fingerprint density at radius 1 is 1.17 bits per heavy atom. The molecule has 0 saturated carbocycles. The second-order valence-corrected chi connectivity index (χ2v) is 4.68. The number of hydrogen-bond donors (Lipinski definition) is 1. The number of likely N-dealkylation sites (N-methyl/N-ethyl adjacent to an activating group) is 1. The molecule has 0 fully saturated rings. The number of aryl methyl sites for hydroxylation is 2. The monoisotopic (exact) mass is 251 g/mol. The van der Waals surface area contributed by atoms with Crippen LogP contribution in [0.2, 0.25) is 0 Å². The highest BCUT2D eigenvalue weighted by molar-refractivity contribution is 5.42. The number of hydrogen-bond acceptors (Lipinski definition) is 3. The van der Waals surface area contributed by atoms with Gasteiger partial charge in [-0.2, -0.15) is 0 Å². The predicted octanol–water partition coefficient (Wildman–Crippen LogP) is 2.69. The van der Waals surface area contributed by atoms with Gasteiger partial charge in [-0.1, -0.05) is 13.8 Å². The summed E-state index contributed by atoms with van der Waals surface area (Å²) in [5.41, 5.74) is 3.15. The van der Waals surface area contributed by atoms with Gasteiger partial charge in [-0.05, 0) is 55.8 Å². The largest absolute Gasteiger partial charge is 0.496 e. The third-order valence-corrected chi connectivity index (χ3v) is 3.47. The molecule has 1 rings (SSSR count). The summed E-state index contributed by atoms with van der Waals surface area (Å²) < 4.78 is 5.29. The molecule has 0 aliphatic carbocycles. The number of aliphatic hydroxyl groups excluding tert-OH is 1. The Labute approximate surface area is 110 Å². The minimum Gasteiger partial charge on any atom is -0.496 e. The quantitative estimate of drug-likeness (QED) is 0.843. The average molecular weight is 251 g/mol. The van der Waals surface area contributed by atoms with Gasteiger partial charge in [-0.15, -0.1) is 0 Å². The van der Waals surface area contributed by atoms with Crippen LogP contribution >= 0.6 is 0 Å². The highest BCUT2D eigenvalue weighted by Crippen LogP contribution is 2.27. The molecule has 0 bridgehead atoms. The van der Waals surface area contributed by atoms with Crippen LogP contribution in [0.25, 0.3) is 0 Å². The Balaban J connectivity index is 2.92. The van der Waals surface area contributed by atoms with E-state index in [2.05, 4.69) is 18.7 Å². The Morgan fingerprint density at radius 3 is 2.28 bits per heavy atom. The standard InChI is InChI=1S/C15H25NO2/c1-6-16(7-2)10-14(17)13-8-12(4)15(18-5)9-11(13)3/h8-9,14,17H,6-7,10H2,1-5H3. The van der Waals surface area contributed by atoms with Crippen molar-refractivity contribution >= 4 is 0 Å². The number of rotatable bonds is 6. The maximum atomic E-state index is 10.3. The highest BCUT2D eigenvalue weighted by atomic mass is 16.5. The Hall–Kier alpha value is -1.06. The van der Waals surface area contributed by atoms with E-state index in [1.165, 1.54) is 0 Å². The van der Waals surface area contributed by atoms with Crippen LogP contribution in [-0.4, -0.2) is 36.8 Å². The van der Waals surface area contributed by atoms with Crippen molar-refractivity contribution in [1.29, 1.82) is 0 Å². The summed E-state index contributed by atoms with van der Waals surface area (Å²) in [6.07, 6.45) is -0.436. The fraction of sp³-hybridized carbons (Fsp3) is 0.600. The smallest absolute Gasteiger partial charge is 0.122 e. The summed E-state index contributed by atoms with van der Waals surface area (Å²) >= 11 is 0. The first-order valence-corrected chi connectivity index (χ1v) is 6.59. The SMILES string of the molecule is CCN(CC)CC(O)c1cc(C)c(OC)cc1C. The molecule has 1 aromatic carbocycles. The molecule has 0 aliphatic rings. The van der Waals surface area contributed by atoms with Gasteiger partial charge in [-0.25, -0.2) is 0 Å². The lowest BCUT2D eigenvalue weighted by Gasteiger charge is -2.23. The molecule has 3 nitrogen and oxygen atoms in total. The minimum atomic E-state index is -0.436. The van der Waals surface area contributed by atoms with E-state index < -0.39 is 6.10 Å². The van der Waals surface area contributed by atoms with Crippen molar-refractivity contribution in [3.8, 4) is 5.75 Å². The van der Waals surface area contributed by atoms with Crippen molar-refractivity contribution in [2.45, 2.75) is 33.8 Å². The number of aliphatic hydroxyl groups is 1. The molecular weight excluding hydrogens is 226 g/mol. The summed E-state index contributed by atoms with van der Waals surface area (Å²) in [5.74, 6) is 0.881. The number of benzene rings is 1. The number of methoxy groups -OCH3 is 1. The lowest BCUT2D eigenvalue weighted by molar-refractivity contribution is 0.118. The van der Waals surface area contributed by atoms with E-state index in [9.17, 15) is 5.11 Å². The maximum absolute atomic E-state index is 10.3. The van der Waals surface area contributed by atoms with E-state index in [0.717, 1.165) is 35.5 Å². The zero-order valence-electron chi connectivity index (χ0n) is 12.2. The molecule has 1 atom stereocenters. The second kappa shape index (κ2) is 6.76. The topological polar surface area (TPSA) is 32.7 Å². The minimum absolute atomic E-state index is 0.436. The molecule has 1 unspecified atom stereocenters. The Morgan fingerprint density at radius 2 is 1.78 bits per heavy atom. The van der Waals surface area contributed by atoms with Crippen LogP contribution in [-0.2, 0) is 0 Å². The lowest BCUT2D eigenvalue weighted by Crippen LogP contribution is -2.28. The molecular formula is C15H25NO2. The van der Waals surface area contributed by atoms with Gasteiger partial charge >= 0.3 is 0 Å². The van der Waals surface area contributed by atoms with Crippen LogP contribution in [0, 0.1) is 13.8 Å². The Bertz CT molecular complexity index is 386. The highest BCUT2D eigenvalue weighted by Gasteiger charge is 2.15. The van der Waals surface area contributed by atoms with Crippen molar-refractivity contribution in [2.75, 3.05) is 26.7 Å². The summed E-state index contributed by atoms with van der Waals surface area (Å²) in [6.45, 7) is 10.8. The number of ether oxygens (including phenoxy) is 1. The first-order chi connectivity index (χ1) is 8.53. The predicted molar refractivity (Wildman–Crippen MR) is 75.2 cm³/mol. The lowest BCUT2D eigenvalue weighted by atomic mass is 9.99. The van der Waals surface area contributed by atoms with Crippen LogP contribution in [0.3, 0.4) is 0 Å². The average Bonchev–Trinajstić information content (AvgIpc) is 2.37. The second-order valence-electron chi connectivity index (χ2n) is 4.68. The van der Waals surface area contributed by atoms with Crippen molar-refractivity contribution in [1.82, 2.24) is 4.90 Å². The Kier molecular flexibility index (Phi) is 5.63. The zero-order valence-corrected chi connectivity index (χ0v) is 12.2. The van der Waals surface area contributed by atoms with Crippen LogP contribution < -0.4 is 4.74 Å². The molecule has 3 heteroatoms. The van der Waals surface area contributed by atoms with Crippen LogP contribution in [0.15, 0.2) is 12.1 Å². The van der Waals surface area contributed by atoms with Gasteiger partial charge in [0.25, 0.3) is 0 Å². The maximum Gasteiger partial charge on any atom is 0.122 e. The molecule has 0 heterocycles. The fourth-order valence-corrected chi connectivity index (χ4v) is 2.22. The third kappa shape index (κ3) is 3.47. The van der Waals surface area contributed by atoms with Gasteiger partial charge in [0.05, 0.1) is 13.2 Å². The van der Waals surface area contributed by atoms with E-state index in [1.54, 1.807) is 7.11 Å². The molecule has 102 valence electrons. The van der Waals surface area contributed by atoms with Gasteiger partial charge in [0.2, 0.25) is 0 Å². The van der Waals surface area contributed by atoms with Gasteiger partial charge in [-0.3, -0.25) is 0 Å². The molecule has 0 aromatic heterocycles. The van der Waals surface area contributed by atoms with Crippen LogP contribution in [0.5, 0.6) is 5.75 Å². The van der Waals surface area contributed by atoms with Crippen LogP contribution in [0.1, 0.15) is 36.6 Å². The first kappa shape index (κ1) is 15.0. The zero-order chi connectivity index (χ0) is 13.7. The van der Waals surface area contributed by atoms with Crippen molar-refractivity contribution in [3.63, 3.8) is 0 Å². The van der Waals surface area contributed by atoms with Crippen molar-refractivity contribution < 1.29 is 9.84 Å². The normalized spacial score (nSPS) is 12.8. The summed E-state index contributed by atoms with van der Waals surface area (Å²) in [5, 5.41) is 10.3. The van der Waals surface area contributed by atoms with Crippen molar-refractivity contribution in [3.05, 3.63) is 28.8 Å². The molecule has 0 amide bonds. The molecule has 0 saturated heterocycles. The van der Waals surface area contributed by atoms with Gasteiger partial charge in [0.15, 0.2) is 0 Å². The van der Waals surface area contributed by atoms with E-state index in [0.29, 0.717) is 6.54 Å². The van der Waals surface area contributed by atoms with E-state index >= 15 is 0 Å². The molecule has 1 N–H and O–H groups in total. The van der Waals surface area contributed by atoms with E-state index in [4.69, 9.17) is 4.74 Å². The molecule has 0 aliphatic heterocycles. The molecule has 18 heavy (non-hydrogen) atoms. The fourth-order valence-electron chi connectivity index (χ4n) is 2.22. The van der Waals surface area contributed by atoms with Crippen LogP contribution in [0.4, 0.5) is 0 Å². The summed E-state index contributed by atoms with van der Waals surface area (Å²) in [7, 11) is 1.67. The van der Waals surface area contributed by atoms with E-state index in [-0.39, 0.29) is 0 Å².